The number of sulfone groups is 1. The molecule has 0 saturated heterocycles. The van der Waals surface area contributed by atoms with Crippen LogP contribution >= 0.6 is 22.9 Å². The third-order valence-corrected chi connectivity index (χ3v) is 5.28. The number of hydrogen-bond acceptors (Lipinski definition) is 5. The molecule has 23 heavy (non-hydrogen) atoms. The molecule has 0 aliphatic carbocycles. The minimum absolute atomic E-state index is 0.300. The Kier molecular flexibility index (Phi) is 4.39. The second-order valence-corrected chi connectivity index (χ2v) is 8.28. The zero-order valence-electron chi connectivity index (χ0n) is 12.2. The number of hydrogen-bond donors (Lipinski definition) is 1. The van der Waals surface area contributed by atoms with E-state index in [-0.39, 0.29) is 0 Å². The maximum absolute atomic E-state index is 11.5. The number of thiazole rings is 1. The highest BCUT2D eigenvalue weighted by Gasteiger charge is 2.09. The minimum Gasteiger partial charge on any atom is -0.331 e. The fourth-order valence-corrected chi connectivity index (χ4v) is 3.59. The van der Waals surface area contributed by atoms with Crippen LogP contribution in [0.25, 0.3) is 11.3 Å². The summed E-state index contributed by atoms with van der Waals surface area (Å²) in [4.78, 5) is 4.81. The Morgan fingerprint density at radius 1 is 1.13 bits per heavy atom. The highest BCUT2D eigenvalue weighted by molar-refractivity contribution is 7.90. The van der Waals surface area contributed by atoms with Gasteiger partial charge in [0.2, 0.25) is 0 Å². The van der Waals surface area contributed by atoms with Crippen molar-refractivity contribution in [3.8, 4) is 11.3 Å². The van der Waals surface area contributed by atoms with Crippen LogP contribution in [-0.2, 0) is 9.84 Å². The molecule has 118 valence electrons. The Bertz CT molecular complexity index is 935. The minimum atomic E-state index is -3.18. The molecule has 0 unspecified atom stereocenters. The number of nitrogens with zero attached hydrogens (tertiary/aromatic N) is 1. The van der Waals surface area contributed by atoms with Gasteiger partial charge in [-0.05, 0) is 30.3 Å². The molecule has 3 aromatic rings. The van der Waals surface area contributed by atoms with Gasteiger partial charge in [-0.2, -0.15) is 0 Å². The first-order valence-electron chi connectivity index (χ1n) is 6.70. The molecule has 0 spiro atoms. The number of benzene rings is 2. The van der Waals surface area contributed by atoms with Gasteiger partial charge >= 0.3 is 0 Å². The van der Waals surface area contributed by atoms with Gasteiger partial charge in [-0.1, -0.05) is 29.8 Å². The standard InChI is InChI=1S/C16H13ClN2O2S2/c1-23(20,21)14-7-5-11(6-8-14)15-10-22-16(19-15)18-13-4-2-3-12(17)9-13/h2-10H,1H3,(H,18,19). The van der Waals surface area contributed by atoms with Crippen LogP contribution in [0.2, 0.25) is 5.02 Å². The van der Waals surface area contributed by atoms with Crippen molar-refractivity contribution in [3.63, 3.8) is 0 Å². The zero-order valence-corrected chi connectivity index (χ0v) is 14.5. The van der Waals surface area contributed by atoms with E-state index in [0.717, 1.165) is 22.1 Å². The van der Waals surface area contributed by atoms with Gasteiger partial charge in [-0.25, -0.2) is 13.4 Å². The van der Waals surface area contributed by atoms with Gasteiger partial charge in [0.25, 0.3) is 0 Å². The van der Waals surface area contributed by atoms with Crippen LogP contribution in [0.4, 0.5) is 10.8 Å². The van der Waals surface area contributed by atoms with Gasteiger partial charge < -0.3 is 5.32 Å². The second kappa shape index (κ2) is 6.31. The fourth-order valence-electron chi connectivity index (χ4n) is 2.03. The molecular formula is C16H13ClN2O2S2. The van der Waals surface area contributed by atoms with E-state index >= 15 is 0 Å². The summed E-state index contributed by atoms with van der Waals surface area (Å²) in [5, 5.41) is 6.52. The van der Waals surface area contributed by atoms with E-state index in [2.05, 4.69) is 10.3 Å². The number of nitrogens with one attached hydrogen (secondary N) is 1. The lowest BCUT2D eigenvalue weighted by atomic mass is 10.2. The Morgan fingerprint density at radius 3 is 2.52 bits per heavy atom. The van der Waals surface area contributed by atoms with Gasteiger partial charge in [0.15, 0.2) is 15.0 Å². The van der Waals surface area contributed by atoms with Crippen molar-refractivity contribution in [1.82, 2.24) is 4.98 Å². The Hall–Kier alpha value is -1.89. The predicted molar refractivity (Wildman–Crippen MR) is 95.4 cm³/mol. The van der Waals surface area contributed by atoms with E-state index in [1.165, 1.54) is 17.6 Å². The molecule has 0 aliphatic heterocycles. The molecule has 2 aromatic carbocycles. The molecule has 0 saturated carbocycles. The smallest absolute Gasteiger partial charge is 0.187 e. The molecule has 0 amide bonds. The number of aromatic nitrogens is 1. The molecule has 0 radical (unpaired) electrons. The van der Waals surface area contributed by atoms with E-state index in [9.17, 15) is 8.42 Å². The van der Waals surface area contributed by atoms with Crippen molar-refractivity contribution in [2.24, 2.45) is 0 Å². The third-order valence-electron chi connectivity index (χ3n) is 3.16. The Morgan fingerprint density at radius 2 is 1.87 bits per heavy atom. The van der Waals surface area contributed by atoms with E-state index in [1.807, 2.05) is 29.6 Å². The van der Waals surface area contributed by atoms with Crippen molar-refractivity contribution in [2.45, 2.75) is 4.90 Å². The summed E-state index contributed by atoms with van der Waals surface area (Å²) in [5.74, 6) is 0. The summed E-state index contributed by atoms with van der Waals surface area (Å²) in [5.41, 5.74) is 2.53. The van der Waals surface area contributed by atoms with E-state index in [1.54, 1.807) is 24.3 Å². The summed E-state index contributed by atoms with van der Waals surface area (Å²) >= 11 is 7.43. The molecule has 3 rings (SSSR count). The lowest BCUT2D eigenvalue weighted by Crippen LogP contribution is -1.96. The molecule has 0 bridgehead atoms. The van der Waals surface area contributed by atoms with Crippen molar-refractivity contribution in [1.29, 1.82) is 0 Å². The number of rotatable bonds is 4. The highest BCUT2D eigenvalue weighted by atomic mass is 35.5. The summed E-state index contributed by atoms with van der Waals surface area (Å²) in [6, 6.07) is 14.1. The normalized spacial score (nSPS) is 11.4. The largest absolute Gasteiger partial charge is 0.331 e. The van der Waals surface area contributed by atoms with Crippen LogP contribution in [0.15, 0.2) is 58.8 Å². The molecule has 4 nitrogen and oxygen atoms in total. The first kappa shape index (κ1) is 16.0. The van der Waals surface area contributed by atoms with Crippen LogP contribution in [0.1, 0.15) is 0 Å². The predicted octanol–water partition coefficient (Wildman–Crippen LogP) is 4.61. The van der Waals surface area contributed by atoms with Crippen molar-refractivity contribution in [2.75, 3.05) is 11.6 Å². The fraction of sp³-hybridized carbons (Fsp3) is 0.0625. The Labute approximate surface area is 143 Å². The number of anilines is 2. The molecule has 1 aromatic heterocycles. The lowest BCUT2D eigenvalue weighted by molar-refractivity contribution is 0.602. The zero-order chi connectivity index (χ0) is 16.4. The molecule has 7 heteroatoms. The van der Waals surface area contributed by atoms with Gasteiger partial charge in [0, 0.05) is 27.9 Å². The average molecular weight is 365 g/mol. The third kappa shape index (κ3) is 3.90. The summed E-state index contributed by atoms with van der Waals surface area (Å²) in [6.07, 6.45) is 1.19. The van der Waals surface area contributed by atoms with Gasteiger partial charge in [0.1, 0.15) is 0 Å². The molecule has 0 atom stereocenters. The topological polar surface area (TPSA) is 59.1 Å². The molecule has 0 fully saturated rings. The first-order valence-corrected chi connectivity index (χ1v) is 9.85. The molecule has 1 heterocycles. The maximum atomic E-state index is 11.5. The SMILES string of the molecule is CS(=O)(=O)c1ccc(-c2csc(Nc3cccc(Cl)c3)n2)cc1. The second-order valence-electron chi connectivity index (χ2n) is 4.97. The van der Waals surface area contributed by atoms with Crippen molar-refractivity contribution < 1.29 is 8.42 Å². The lowest BCUT2D eigenvalue weighted by Gasteiger charge is -2.02. The first-order chi connectivity index (χ1) is 10.9. The van der Waals surface area contributed by atoms with Crippen LogP contribution < -0.4 is 5.32 Å². The van der Waals surface area contributed by atoms with Crippen LogP contribution in [0, 0.1) is 0 Å². The Balaban J connectivity index is 1.81. The van der Waals surface area contributed by atoms with Crippen molar-refractivity contribution >= 4 is 43.6 Å². The van der Waals surface area contributed by atoms with Crippen LogP contribution in [0.3, 0.4) is 0 Å². The van der Waals surface area contributed by atoms with Crippen LogP contribution in [-0.4, -0.2) is 19.7 Å². The molecule has 0 aliphatic rings. The van der Waals surface area contributed by atoms with Gasteiger partial charge in [-0.3, -0.25) is 0 Å². The molecule has 1 N–H and O–H groups in total. The quantitative estimate of drug-likeness (QED) is 0.734. The van der Waals surface area contributed by atoms with E-state index < -0.39 is 9.84 Å². The summed E-state index contributed by atoms with van der Waals surface area (Å²) in [7, 11) is -3.18. The molecular weight excluding hydrogens is 352 g/mol. The van der Waals surface area contributed by atoms with Crippen LogP contribution in [0.5, 0.6) is 0 Å². The highest BCUT2D eigenvalue weighted by Crippen LogP contribution is 2.28. The van der Waals surface area contributed by atoms with E-state index in [4.69, 9.17) is 11.6 Å². The van der Waals surface area contributed by atoms with Crippen molar-refractivity contribution in [3.05, 3.63) is 58.9 Å². The summed E-state index contributed by atoms with van der Waals surface area (Å²) in [6.45, 7) is 0. The monoisotopic (exact) mass is 364 g/mol. The summed E-state index contributed by atoms with van der Waals surface area (Å²) < 4.78 is 23.0. The average Bonchev–Trinajstić information content (AvgIpc) is 2.95. The number of halogens is 1. The van der Waals surface area contributed by atoms with Gasteiger partial charge in [-0.15, -0.1) is 11.3 Å². The van der Waals surface area contributed by atoms with E-state index in [0.29, 0.717) is 9.92 Å². The maximum Gasteiger partial charge on any atom is 0.187 e. The van der Waals surface area contributed by atoms with Gasteiger partial charge in [0.05, 0.1) is 10.6 Å².